The smallest absolute Gasteiger partial charge is 0.262 e. The Balaban J connectivity index is -0.0000000847. The molecule has 6 aromatic rings. The third kappa shape index (κ3) is 48.4. The molecule has 1 unspecified atom stereocenters. The minimum atomic E-state index is -0.894. The number of hydrogen-bond donors (Lipinski definition) is 7. The molecule has 0 spiro atoms. The van der Waals surface area contributed by atoms with Gasteiger partial charge in [0.15, 0.2) is 23.1 Å². The number of hydrogen-bond acceptors (Lipinski definition) is 27. The van der Waals surface area contributed by atoms with E-state index < -0.39 is 35.3 Å². The van der Waals surface area contributed by atoms with Gasteiger partial charge in [-0.2, -0.15) is 15.3 Å². The fourth-order valence-corrected chi connectivity index (χ4v) is 11.6. The van der Waals surface area contributed by atoms with Crippen molar-refractivity contribution in [1.82, 2.24) is 55.2 Å². The monoisotopic (exact) mass is 2010 g/mol. The van der Waals surface area contributed by atoms with Crippen molar-refractivity contribution in [2.24, 2.45) is 74.7 Å². The number of carbonyl (C=O) groups excluding carboxylic acids is 4. The highest BCUT2D eigenvalue weighted by atomic mass is 32.1. The Morgan fingerprint density at radius 1 is 0.576 bits per heavy atom. The molecule has 6 N–H and O–H groups in total. The average Bonchev–Trinajstić information content (AvgIpc) is 1.65. The number of piperazine rings is 1. The number of pyridine rings is 1. The van der Waals surface area contributed by atoms with Gasteiger partial charge in [0.05, 0.1) is 78.7 Å². The predicted octanol–water partition coefficient (Wildman–Crippen LogP) is 13.9. The minimum Gasteiger partial charge on any atom is -0.393 e. The molecule has 5 aromatic heterocycles. The van der Waals surface area contributed by atoms with E-state index in [0.717, 1.165) is 65.8 Å². The summed E-state index contributed by atoms with van der Waals surface area (Å²) in [5.41, 5.74) is 12.1. The molecule has 1 aromatic carbocycles. The van der Waals surface area contributed by atoms with E-state index in [9.17, 15) is 24.3 Å². The molecule has 8 rings (SSSR count). The largest absolute Gasteiger partial charge is 0.393 e. The number of aliphatic hydroxyl groups excluding tert-OH is 1. The number of carbonyl (C=O) groups is 4. The zero-order valence-electron chi connectivity index (χ0n) is 76.2. The molecule has 1 aliphatic carbocycles. The molecule has 0 bridgehead atoms. The van der Waals surface area contributed by atoms with Crippen molar-refractivity contribution < 1.29 is 121 Å². The summed E-state index contributed by atoms with van der Waals surface area (Å²) in [4.78, 5) is 80.7. The number of aliphatic hydroxyl groups is 1. The summed E-state index contributed by atoms with van der Waals surface area (Å²) >= 11 is 4.68. The Hall–Kier alpha value is -20.1. The van der Waals surface area contributed by atoms with E-state index in [1.807, 2.05) is 82.6 Å². The highest BCUT2D eigenvalue weighted by molar-refractivity contribution is 7.74. The molecule has 144 heavy (non-hydrogen) atoms. The number of nitrogens with one attached hydrogen (secondary N) is 4. The fraction of sp³-hybridized carbons (Fsp3) is 0.238. The lowest BCUT2D eigenvalue weighted by Gasteiger charge is -2.34. The summed E-state index contributed by atoms with van der Waals surface area (Å²) in [6, 6.07) is 14.4. The lowest BCUT2D eigenvalue weighted by Crippen LogP contribution is -2.53. The van der Waals surface area contributed by atoms with Crippen LogP contribution in [0.3, 0.4) is 0 Å². The third-order valence-electron chi connectivity index (χ3n) is 16.6. The van der Waals surface area contributed by atoms with Crippen molar-refractivity contribution >= 4 is 65.0 Å². The maximum Gasteiger partial charge on any atom is 0.262 e. The van der Waals surface area contributed by atoms with Crippen LogP contribution in [0.5, 0.6) is 0 Å². The first kappa shape index (κ1) is 113. The summed E-state index contributed by atoms with van der Waals surface area (Å²) in [7, 11) is 0. The van der Waals surface area contributed by atoms with Crippen molar-refractivity contribution in [3.63, 3.8) is 0 Å². The highest BCUT2D eigenvalue weighted by Gasteiger charge is 2.47. The zero-order valence-corrected chi connectivity index (χ0v) is 77.9. The Morgan fingerprint density at radius 3 is 1.51 bits per heavy atom. The van der Waals surface area contributed by atoms with Gasteiger partial charge in [-0.1, -0.05) is 51.1 Å². The molecule has 1 aliphatic heterocycles. The molecule has 41 nitrogen and oxygen atoms in total. The molecular formula is C101H129N25O16S2. The van der Waals surface area contributed by atoms with Crippen molar-refractivity contribution in [3.05, 3.63) is 101 Å². The van der Waals surface area contributed by atoms with Gasteiger partial charge in [0.25, 0.3) is 5.91 Å². The number of ether oxygens (including phenoxy) is 3. The Kier molecular flexibility index (Phi) is 55.9. The lowest BCUT2D eigenvalue weighted by molar-refractivity contribution is -0.759. The Labute approximate surface area is 881 Å². The van der Waals surface area contributed by atoms with Crippen LogP contribution in [0.25, 0.3) is 21.9 Å². The molecule has 2 fully saturated rings. The average molecular weight is 2010 g/mol. The molecule has 766 valence electrons. The maximum atomic E-state index is 14.1. The molecule has 4 atom stereocenters. The van der Waals surface area contributed by atoms with Gasteiger partial charge in [0, 0.05) is 341 Å². The van der Waals surface area contributed by atoms with Gasteiger partial charge in [-0.05, 0) is 217 Å². The zero-order chi connectivity index (χ0) is 103. The molecular weight excluding hydrogens is 1880 g/mol. The molecule has 1 saturated heterocycles. The first-order valence-electron chi connectivity index (χ1n) is 40.6. The van der Waals surface area contributed by atoms with Crippen LogP contribution in [0, 0.1) is 334 Å². The number of benzene rings is 1. The normalized spacial score (nSPS) is 12.2. The number of thiol groups is 1. The highest BCUT2D eigenvalue weighted by Crippen LogP contribution is 2.37. The van der Waals surface area contributed by atoms with E-state index in [-0.39, 0.29) is 105 Å². The van der Waals surface area contributed by atoms with Crippen LogP contribution in [0.1, 0.15) is 104 Å². The van der Waals surface area contributed by atoms with Crippen molar-refractivity contribution in [2.45, 2.75) is 66.2 Å². The second kappa shape index (κ2) is 71.5. The first-order chi connectivity index (χ1) is 70.5. The number of anilines is 2. The van der Waals surface area contributed by atoms with Crippen molar-refractivity contribution in [2.75, 3.05) is 82.6 Å². The van der Waals surface area contributed by atoms with Gasteiger partial charge in [0.2, 0.25) is 11.8 Å². The maximum absolute atomic E-state index is 14.1. The SMILES string of the molecule is C#CC#CC#CC#CC#CC#CC#CC#CC#CC#CC#CC#CC#CC#CC#CC#CC#CC#CC#CC#CC#CC#CC#CC#CC#C.Cc1ccc(-n2nc(N3CCN(CCOCCOCCOCC(=O)N[C@H](C(=O)C4C[C@H](O)C[C@H]4C(=O)NCc4ccc(-c5scnc5C)cc4)C(C)(C)C)CC3)cc2NC(=O)c2cnn3cccnc23)nc1.N=N/N=N/N=N/N=N/N=N/N=N/N(OOOO)OOOOS.[HH].[HH].[HH].[HH].[HH].[HH].[HH].[HH].[HH].[HH].[HH].[HH].[HH].[HH].[HH].[HH].[HH].[HH].[HH].[HH].[HH].[HH].[HH].[HH].[HH].[HH].[HH].[HH].[HH].[HH]. The van der Waals surface area contributed by atoms with Crippen LogP contribution in [0.4, 0.5) is 11.6 Å². The second-order valence-electron chi connectivity index (χ2n) is 27.1. The number of thiazole rings is 1. The molecule has 1 saturated carbocycles. The quantitative estimate of drug-likeness (QED) is 0.00369. The fourth-order valence-electron chi connectivity index (χ4n) is 10.7. The predicted molar refractivity (Wildman–Crippen MR) is 581 cm³/mol. The summed E-state index contributed by atoms with van der Waals surface area (Å²) in [5, 5.41) is 81.5. The van der Waals surface area contributed by atoms with E-state index in [4.69, 9.17) is 42.9 Å². The first-order valence-corrected chi connectivity index (χ1v) is 41.9. The minimum absolute atomic E-state index is 0. The lowest BCUT2D eigenvalue weighted by atomic mass is 9.77. The molecule has 0 radical (unpaired) electrons. The number of ketones is 1. The standard InChI is InChI=1S/C51H64N12O8S.C50H2.H3N13O8S.30H2/c1-33-7-12-41(53-28-33)63-42(57-50(68)40-30-56-62-14-6-13-52-48(40)62)27-43(59-63)61-17-15-60(16-18-61)19-20-69-21-22-70-23-24-71-31-44(65)58-47(51(3,4)5)45(66)38-25-37(64)26-39(38)49(67)54-29-35-8-10-36(11-9-35)46-34(2)55-32-72-46;1-3-5-7-9-11-13-15-17-19-21-23-25-27-29-31-33-35-37-39-41-43-45-47-49-50-48-46-44-42-40-38-36-34-32-30-28-26-24-22-20-18-16-14-12-10-8-6-4-2;1-2-3-4-5-6-7-8-9-10-11-12-13(15-18-17-14)16-19-20-21-22;;;;;;;;;;;;;;;;;;;;;;;;;;;;;;/h6-14,27-28,30,32,37-39,47,64H,15-26,29,31H2,1-5H3,(H,54,67)(H,57,68)(H,58,65);1-2H;1,14,22H;30*1H/b;;2-1?,4-3+,6-5+,8-7+,10-9+,12-11+;;;;;;;;;;;;;;;;;;;;;;;;;;;;;;/t37-,38?,39+,47+;;;;;;;;;;;;;;;;;;;;;;;;;;;;;;;;/m0................................/s1. The number of nitrogens with zero attached hydrogens (tertiary/aromatic N) is 21. The number of Topliss-reactive ketones (excluding diaryl/α,β-unsaturated/α-hetero) is 1. The topological polar surface area (TPSA) is 480 Å². The van der Waals surface area contributed by atoms with Crippen LogP contribution in [0.15, 0.2) is 136 Å². The molecule has 2 aliphatic rings. The van der Waals surface area contributed by atoms with Crippen LogP contribution < -0.4 is 20.9 Å². The van der Waals surface area contributed by atoms with E-state index in [1.54, 1.807) is 45.2 Å². The number of rotatable bonds is 35. The van der Waals surface area contributed by atoms with Crippen LogP contribution >= 0.6 is 24.2 Å². The number of terminal acetylenes is 2. The van der Waals surface area contributed by atoms with Gasteiger partial charge >= 0.3 is 0 Å². The third-order valence-corrected chi connectivity index (χ3v) is 17.7. The summed E-state index contributed by atoms with van der Waals surface area (Å²) < 4.78 is 24.0. The Morgan fingerprint density at radius 2 is 1.05 bits per heavy atom. The number of amides is 3. The van der Waals surface area contributed by atoms with E-state index >= 15 is 0 Å². The van der Waals surface area contributed by atoms with Crippen molar-refractivity contribution in [1.29, 1.82) is 5.53 Å². The molecule has 3 amide bonds. The van der Waals surface area contributed by atoms with Gasteiger partial charge in [0.1, 0.15) is 18.0 Å². The molecule has 43 heteroatoms. The van der Waals surface area contributed by atoms with Gasteiger partial charge in [-0.3, -0.25) is 24.1 Å². The van der Waals surface area contributed by atoms with E-state index in [0.29, 0.717) is 42.7 Å². The molecule has 6 heterocycles. The Bertz CT molecular complexity index is 7390. The summed E-state index contributed by atoms with van der Waals surface area (Å²) in [6.07, 6.45) is 16.0. The number of aromatic nitrogens is 7. The number of aryl methyl sites for hydroxylation is 2. The number of fused-ring (bicyclic) bond motifs is 1. The van der Waals surface area contributed by atoms with Gasteiger partial charge < -0.3 is 40.2 Å². The summed E-state index contributed by atoms with van der Waals surface area (Å²) in [5.74, 6) is 117. The van der Waals surface area contributed by atoms with Crippen LogP contribution in [-0.4, -0.2) is 163 Å². The van der Waals surface area contributed by atoms with Gasteiger partial charge in [-0.25, -0.2) is 24.7 Å². The van der Waals surface area contributed by atoms with Gasteiger partial charge in [-0.15, -0.1) is 33.6 Å². The second-order valence-corrected chi connectivity index (χ2v) is 28.1. The van der Waals surface area contributed by atoms with Crippen molar-refractivity contribution in [3.8, 4) is 313 Å². The van der Waals surface area contributed by atoms with E-state index in [1.165, 1.54) is 6.20 Å². The van der Waals surface area contributed by atoms with E-state index in [2.05, 4.69) is 435 Å². The van der Waals surface area contributed by atoms with Crippen LogP contribution in [0.2, 0.25) is 0 Å². The summed E-state index contributed by atoms with van der Waals surface area (Å²) in [6.45, 7) is 15.0. The van der Waals surface area contributed by atoms with Crippen LogP contribution in [-0.2, 0) is 69.6 Å².